The van der Waals surface area contributed by atoms with Crippen LogP contribution in [0.3, 0.4) is 0 Å². The molecule has 1 rings (SSSR count). The van der Waals surface area contributed by atoms with Crippen LogP contribution in [0.15, 0.2) is 17.5 Å². The lowest BCUT2D eigenvalue weighted by atomic mass is 10.3. The number of thiophene rings is 1. The highest BCUT2D eigenvalue weighted by atomic mass is 32.1. The topological polar surface area (TPSA) is 58.6 Å². The second-order valence-corrected chi connectivity index (χ2v) is 3.99. The van der Waals surface area contributed by atoms with Gasteiger partial charge in [-0.25, -0.2) is 0 Å². The number of rotatable bonds is 7. The monoisotopic (exact) mass is 229 g/mol. The fraction of sp³-hybridized carbons (Fsp3) is 0.500. The van der Waals surface area contributed by atoms with E-state index < -0.39 is 0 Å². The zero-order valence-electron chi connectivity index (χ0n) is 8.44. The molecule has 0 aliphatic rings. The van der Waals surface area contributed by atoms with Crippen molar-refractivity contribution in [3.05, 3.63) is 22.4 Å². The van der Waals surface area contributed by atoms with E-state index in [1.165, 1.54) is 4.88 Å². The molecule has 2 N–H and O–H groups in total. The van der Waals surface area contributed by atoms with Crippen LogP contribution in [0, 0.1) is 0 Å². The second kappa shape index (κ2) is 7.39. The maximum atomic E-state index is 11.1. The highest BCUT2D eigenvalue weighted by Crippen LogP contribution is 2.07. The quantitative estimate of drug-likeness (QED) is 0.666. The maximum Gasteiger partial charge on any atom is 0.246 e. The van der Waals surface area contributed by atoms with Crippen molar-refractivity contribution in [3.8, 4) is 0 Å². The lowest BCUT2D eigenvalue weighted by Gasteiger charge is -2.04. The van der Waals surface area contributed by atoms with E-state index in [4.69, 9.17) is 9.84 Å². The minimum absolute atomic E-state index is 0.0188. The van der Waals surface area contributed by atoms with Crippen LogP contribution in [0.1, 0.15) is 4.88 Å². The largest absolute Gasteiger partial charge is 0.394 e. The summed E-state index contributed by atoms with van der Waals surface area (Å²) in [5.41, 5.74) is 0. The van der Waals surface area contributed by atoms with Crippen molar-refractivity contribution in [3.63, 3.8) is 0 Å². The van der Waals surface area contributed by atoms with E-state index in [0.29, 0.717) is 6.54 Å². The summed E-state index contributed by atoms with van der Waals surface area (Å²) in [7, 11) is 0. The number of amides is 1. The van der Waals surface area contributed by atoms with Crippen molar-refractivity contribution in [1.29, 1.82) is 0 Å². The molecule has 0 saturated heterocycles. The fourth-order valence-electron chi connectivity index (χ4n) is 1.06. The third kappa shape index (κ3) is 5.51. The molecule has 5 heteroatoms. The number of aliphatic hydroxyl groups excluding tert-OH is 1. The SMILES string of the molecule is O=C(COCCO)NCCc1cccs1. The zero-order valence-corrected chi connectivity index (χ0v) is 9.26. The fourth-order valence-corrected chi connectivity index (χ4v) is 1.77. The number of hydrogen-bond donors (Lipinski definition) is 2. The molecule has 1 heterocycles. The molecule has 1 aromatic heterocycles. The Bertz CT molecular complexity index is 274. The molecule has 0 spiro atoms. The van der Waals surface area contributed by atoms with Crippen molar-refractivity contribution in [2.45, 2.75) is 6.42 Å². The summed E-state index contributed by atoms with van der Waals surface area (Å²) < 4.78 is 4.87. The van der Waals surface area contributed by atoms with Crippen molar-refractivity contribution in [2.24, 2.45) is 0 Å². The Morgan fingerprint density at radius 1 is 1.60 bits per heavy atom. The summed E-state index contributed by atoms with van der Waals surface area (Å²) in [6.07, 6.45) is 0.851. The van der Waals surface area contributed by atoms with E-state index in [1.54, 1.807) is 11.3 Å². The van der Waals surface area contributed by atoms with Crippen LogP contribution in [0.4, 0.5) is 0 Å². The van der Waals surface area contributed by atoms with Crippen LogP contribution in [0.25, 0.3) is 0 Å². The summed E-state index contributed by atoms with van der Waals surface area (Å²) in [4.78, 5) is 12.4. The van der Waals surface area contributed by atoms with Gasteiger partial charge in [0, 0.05) is 11.4 Å². The van der Waals surface area contributed by atoms with Gasteiger partial charge in [0.15, 0.2) is 0 Å². The van der Waals surface area contributed by atoms with Gasteiger partial charge in [0.25, 0.3) is 0 Å². The number of aliphatic hydroxyl groups is 1. The Kier molecular flexibility index (Phi) is 5.99. The molecule has 0 atom stereocenters. The van der Waals surface area contributed by atoms with Crippen LogP contribution in [-0.2, 0) is 16.0 Å². The molecule has 0 aromatic carbocycles. The van der Waals surface area contributed by atoms with Gasteiger partial charge < -0.3 is 15.2 Å². The molecule has 84 valence electrons. The molecular formula is C10H15NO3S. The number of carbonyl (C=O) groups is 1. The average Bonchev–Trinajstić information content (AvgIpc) is 2.71. The molecule has 15 heavy (non-hydrogen) atoms. The Morgan fingerprint density at radius 2 is 2.47 bits per heavy atom. The summed E-state index contributed by atoms with van der Waals surface area (Å²) in [5, 5.41) is 13.2. The zero-order chi connectivity index (χ0) is 10.9. The van der Waals surface area contributed by atoms with E-state index in [1.807, 2.05) is 17.5 Å². The molecule has 0 unspecified atom stereocenters. The lowest BCUT2D eigenvalue weighted by molar-refractivity contribution is -0.125. The second-order valence-electron chi connectivity index (χ2n) is 2.96. The summed E-state index contributed by atoms with van der Waals surface area (Å²) in [6, 6.07) is 4.03. The predicted octanol–water partition coefficient (Wildman–Crippen LogP) is 0.416. The molecule has 0 aliphatic heterocycles. The van der Waals surface area contributed by atoms with Crippen molar-refractivity contribution in [2.75, 3.05) is 26.4 Å². The first-order valence-electron chi connectivity index (χ1n) is 4.80. The van der Waals surface area contributed by atoms with Crippen LogP contribution < -0.4 is 5.32 Å². The van der Waals surface area contributed by atoms with Crippen molar-refractivity contribution < 1.29 is 14.6 Å². The van der Waals surface area contributed by atoms with Gasteiger partial charge in [-0.05, 0) is 17.9 Å². The van der Waals surface area contributed by atoms with Crippen LogP contribution >= 0.6 is 11.3 Å². The predicted molar refractivity (Wildman–Crippen MR) is 58.9 cm³/mol. The van der Waals surface area contributed by atoms with Crippen molar-refractivity contribution >= 4 is 17.2 Å². The van der Waals surface area contributed by atoms with Gasteiger partial charge in [0.1, 0.15) is 6.61 Å². The first-order chi connectivity index (χ1) is 7.33. The molecule has 1 amide bonds. The molecule has 0 radical (unpaired) electrons. The van der Waals surface area contributed by atoms with Crippen molar-refractivity contribution in [1.82, 2.24) is 5.32 Å². The summed E-state index contributed by atoms with van der Waals surface area (Å²) in [5.74, 6) is -0.139. The van der Waals surface area contributed by atoms with Gasteiger partial charge in [-0.15, -0.1) is 11.3 Å². The Labute approximate surface area is 92.9 Å². The Hall–Kier alpha value is -0.910. The molecule has 0 fully saturated rings. The normalized spacial score (nSPS) is 10.2. The third-order valence-electron chi connectivity index (χ3n) is 1.74. The van der Waals surface area contributed by atoms with Crippen LogP contribution in [0.2, 0.25) is 0 Å². The van der Waals surface area contributed by atoms with Gasteiger partial charge in [-0.3, -0.25) is 4.79 Å². The summed E-state index contributed by atoms with van der Waals surface area (Å²) in [6.45, 7) is 0.799. The minimum atomic E-state index is -0.139. The molecule has 1 aromatic rings. The van der Waals surface area contributed by atoms with E-state index in [-0.39, 0.29) is 25.7 Å². The van der Waals surface area contributed by atoms with Crippen LogP contribution in [-0.4, -0.2) is 37.4 Å². The van der Waals surface area contributed by atoms with Gasteiger partial charge in [0.05, 0.1) is 13.2 Å². The smallest absolute Gasteiger partial charge is 0.246 e. The van der Waals surface area contributed by atoms with Crippen LogP contribution in [0.5, 0.6) is 0 Å². The average molecular weight is 229 g/mol. The standard InChI is InChI=1S/C10H15NO3S/c12-5-6-14-8-10(13)11-4-3-9-2-1-7-15-9/h1-2,7,12H,3-6,8H2,(H,11,13). The van der Waals surface area contributed by atoms with Gasteiger partial charge in [-0.1, -0.05) is 6.07 Å². The number of ether oxygens (including phenoxy) is 1. The van der Waals surface area contributed by atoms with E-state index in [9.17, 15) is 4.79 Å². The molecule has 0 aliphatic carbocycles. The lowest BCUT2D eigenvalue weighted by Crippen LogP contribution is -2.29. The third-order valence-corrected chi connectivity index (χ3v) is 2.68. The Balaban J connectivity index is 2.02. The first kappa shape index (κ1) is 12.2. The number of hydrogen-bond acceptors (Lipinski definition) is 4. The number of nitrogens with one attached hydrogen (secondary N) is 1. The van der Waals surface area contributed by atoms with E-state index in [0.717, 1.165) is 6.42 Å². The molecule has 4 nitrogen and oxygen atoms in total. The maximum absolute atomic E-state index is 11.1. The minimum Gasteiger partial charge on any atom is -0.394 e. The molecule has 0 bridgehead atoms. The van der Waals surface area contributed by atoms with E-state index in [2.05, 4.69) is 5.32 Å². The Morgan fingerprint density at radius 3 is 3.13 bits per heavy atom. The van der Waals surface area contributed by atoms with Gasteiger partial charge >= 0.3 is 0 Å². The van der Waals surface area contributed by atoms with Gasteiger partial charge in [-0.2, -0.15) is 0 Å². The molecular weight excluding hydrogens is 214 g/mol. The van der Waals surface area contributed by atoms with Gasteiger partial charge in [0.2, 0.25) is 5.91 Å². The molecule has 0 saturated carbocycles. The first-order valence-corrected chi connectivity index (χ1v) is 5.68. The summed E-state index contributed by atoms with van der Waals surface area (Å²) >= 11 is 1.68. The van der Waals surface area contributed by atoms with E-state index >= 15 is 0 Å². The number of carbonyl (C=O) groups excluding carboxylic acids is 1. The highest BCUT2D eigenvalue weighted by molar-refractivity contribution is 7.09. The highest BCUT2D eigenvalue weighted by Gasteiger charge is 2.00.